The molecule has 0 saturated carbocycles. The summed E-state index contributed by atoms with van der Waals surface area (Å²) in [5.74, 6) is 1.34. The lowest BCUT2D eigenvalue weighted by atomic mass is 9.96. The van der Waals surface area contributed by atoms with Crippen molar-refractivity contribution in [2.24, 2.45) is 11.7 Å². The maximum absolute atomic E-state index is 6.15. The summed E-state index contributed by atoms with van der Waals surface area (Å²) in [6.45, 7) is 1.71. The number of nitrogens with zero attached hydrogens (tertiary/aromatic N) is 1. The van der Waals surface area contributed by atoms with Gasteiger partial charge in [-0.1, -0.05) is 0 Å². The second-order valence-electron chi connectivity index (χ2n) is 4.23. The van der Waals surface area contributed by atoms with Crippen molar-refractivity contribution in [2.45, 2.75) is 18.9 Å². The van der Waals surface area contributed by atoms with Crippen molar-refractivity contribution in [1.82, 2.24) is 4.98 Å². The third kappa shape index (κ3) is 2.71. The van der Waals surface area contributed by atoms with Crippen molar-refractivity contribution in [3.05, 3.63) is 24.0 Å². The Morgan fingerprint density at radius 2 is 2.50 bits per heavy atom. The zero-order chi connectivity index (χ0) is 11.4. The first-order valence-corrected chi connectivity index (χ1v) is 5.62. The highest BCUT2D eigenvalue weighted by molar-refractivity contribution is 5.25. The van der Waals surface area contributed by atoms with Crippen molar-refractivity contribution < 1.29 is 9.47 Å². The first-order valence-electron chi connectivity index (χ1n) is 5.62. The molecule has 1 aromatic heterocycles. The van der Waals surface area contributed by atoms with Gasteiger partial charge in [0.1, 0.15) is 5.75 Å². The fourth-order valence-corrected chi connectivity index (χ4v) is 2.01. The molecule has 0 aromatic carbocycles. The lowest BCUT2D eigenvalue weighted by Gasteiger charge is -2.15. The molecular formula is C12H18N2O2. The highest BCUT2D eigenvalue weighted by atomic mass is 16.5. The fourth-order valence-electron chi connectivity index (χ4n) is 2.01. The van der Waals surface area contributed by atoms with E-state index in [0.717, 1.165) is 37.4 Å². The molecule has 1 aromatic rings. The van der Waals surface area contributed by atoms with Gasteiger partial charge in [-0.3, -0.25) is 4.98 Å². The highest BCUT2D eigenvalue weighted by Crippen LogP contribution is 2.25. The molecule has 1 aliphatic rings. The molecule has 88 valence electrons. The van der Waals surface area contributed by atoms with Gasteiger partial charge in [0, 0.05) is 25.5 Å². The average molecular weight is 222 g/mol. The van der Waals surface area contributed by atoms with E-state index in [2.05, 4.69) is 4.98 Å². The summed E-state index contributed by atoms with van der Waals surface area (Å²) >= 11 is 0. The summed E-state index contributed by atoms with van der Waals surface area (Å²) in [5, 5.41) is 0. The Hall–Kier alpha value is -1.13. The monoisotopic (exact) mass is 222 g/mol. The number of nitrogens with two attached hydrogens (primary N) is 1. The Balaban J connectivity index is 1.98. The molecule has 2 atom stereocenters. The molecule has 0 spiro atoms. The second kappa shape index (κ2) is 5.27. The Morgan fingerprint density at radius 3 is 3.19 bits per heavy atom. The predicted octanol–water partition coefficient (Wildman–Crippen LogP) is 1.52. The quantitative estimate of drug-likeness (QED) is 0.839. The van der Waals surface area contributed by atoms with Gasteiger partial charge in [0.2, 0.25) is 0 Å². The van der Waals surface area contributed by atoms with Crippen LogP contribution in [-0.4, -0.2) is 25.3 Å². The SMILES string of the molecule is COc1cncc(C(N)CC2CCOC2)c1. The van der Waals surface area contributed by atoms with Crippen LogP contribution in [0.15, 0.2) is 18.5 Å². The lowest BCUT2D eigenvalue weighted by molar-refractivity contribution is 0.182. The molecule has 4 nitrogen and oxygen atoms in total. The molecule has 0 amide bonds. The largest absolute Gasteiger partial charge is 0.495 e. The van der Waals surface area contributed by atoms with E-state index in [9.17, 15) is 0 Å². The Morgan fingerprint density at radius 1 is 1.62 bits per heavy atom. The van der Waals surface area contributed by atoms with Gasteiger partial charge in [0.05, 0.1) is 13.3 Å². The predicted molar refractivity (Wildman–Crippen MR) is 61.3 cm³/mol. The van der Waals surface area contributed by atoms with Gasteiger partial charge in [0.25, 0.3) is 0 Å². The van der Waals surface area contributed by atoms with Crippen LogP contribution in [0.3, 0.4) is 0 Å². The Labute approximate surface area is 95.8 Å². The highest BCUT2D eigenvalue weighted by Gasteiger charge is 2.19. The molecule has 2 N–H and O–H groups in total. The Bertz CT molecular complexity index is 338. The molecule has 16 heavy (non-hydrogen) atoms. The van der Waals surface area contributed by atoms with E-state index in [0.29, 0.717) is 5.92 Å². The number of rotatable bonds is 4. The van der Waals surface area contributed by atoms with Gasteiger partial charge < -0.3 is 15.2 Å². The van der Waals surface area contributed by atoms with E-state index >= 15 is 0 Å². The molecular weight excluding hydrogens is 204 g/mol. The van der Waals surface area contributed by atoms with Gasteiger partial charge in [-0.05, 0) is 30.4 Å². The van der Waals surface area contributed by atoms with E-state index in [1.54, 1.807) is 13.3 Å². The minimum atomic E-state index is 0.0225. The van der Waals surface area contributed by atoms with Crippen LogP contribution in [0.25, 0.3) is 0 Å². The third-order valence-corrected chi connectivity index (χ3v) is 3.01. The van der Waals surface area contributed by atoms with E-state index in [-0.39, 0.29) is 6.04 Å². The van der Waals surface area contributed by atoms with Gasteiger partial charge in [-0.2, -0.15) is 0 Å². The van der Waals surface area contributed by atoms with Crippen LogP contribution in [0.5, 0.6) is 5.75 Å². The standard InChI is InChI=1S/C12H18N2O2/c1-15-11-5-10(6-14-7-11)12(13)4-9-2-3-16-8-9/h5-7,9,12H,2-4,8,13H2,1H3. The van der Waals surface area contributed by atoms with E-state index in [1.165, 1.54) is 0 Å². The van der Waals surface area contributed by atoms with Crippen LogP contribution in [0.1, 0.15) is 24.4 Å². The topological polar surface area (TPSA) is 57.4 Å². The van der Waals surface area contributed by atoms with E-state index in [1.807, 2.05) is 12.3 Å². The van der Waals surface area contributed by atoms with E-state index in [4.69, 9.17) is 15.2 Å². The molecule has 1 fully saturated rings. The van der Waals surface area contributed by atoms with Crippen LogP contribution >= 0.6 is 0 Å². The molecule has 1 aliphatic heterocycles. The first-order chi connectivity index (χ1) is 7.79. The van der Waals surface area contributed by atoms with Gasteiger partial charge in [0.15, 0.2) is 0 Å². The minimum absolute atomic E-state index is 0.0225. The van der Waals surface area contributed by atoms with Crippen molar-refractivity contribution in [1.29, 1.82) is 0 Å². The minimum Gasteiger partial charge on any atom is -0.495 e. The van der Waals surface area contributed by atoms with Crippen LogP contribution in [0, 0.1) is 5.92 Å². The summed E-state index contributed by atoms with van der Waals surface area (Å²) < 4.78 is 10.5. The van der Waals surface area contributed by atoms with Gasteiger partial charge >= 0.3 is 0 Å². The van der Waals surface area contributed by atoms with Crippen LogP contribution in [0.4, 0.5) is 0 Å². The van der Waals surface area contributed by atoms with E-state index < -0.39 is 0 Å². The first kappa shape index (κ1) is 11.4. The van der Waals surface area contributed by atoms with Crippen molar-refractivity contribution in [2.75, 3.05) is 20.3 Å². The average Bonchev–Trinajstić information content (AvgIpc) is 2.82. The molecule has 0 radical (unpaired) electrons. The van der Waals surface area contributed by atoms with Crippen LogP contribution in [0.2, 0.25) is 0 Å². The van der Waals surface area contributed by atoms with Crippen molar-refractivity contribution in [3.8, 4) is 5.75 Å². The summed E-state index contributed by atoms with van der Waals surface area (Å²) in [6.07, 6.45) is 5.57. The molecule has 2 rings (SSSR count). The molecule has 1 saturated heterocycles. The normalized spacial score (nSPS) is 22.0. The summed E-state index contributed by atoms with van der Waals surface area (Å²) in [6, 6.07) is 1.97. The van der Waals surface area contributed by atoms with Crippen molar-refractivity contribution in [3.63, 3.8) is 0 Å². The summed E-state index contributed by atoms with van der Waals surface area (Å²) in [5.41, 5.74) is 7.18. The number of hydrogen-bond acceptors (Lipinski definition) is 4. The third-order valence-electron chi connectivity index (χ3n) is 3.01. The number of aromatic nitrogens is 1. The molecule has 2 heterocycles. The molecule has 0 aliphatic carbocycles. The maximum atomic E-state index is 6.15. The Kier molecular flexibility index (Phi) is 3.74. The number of ether oxygens (including phenoxy) is 2. The van der Waals surface area contributed by atoms with Gasteiger partial charge in [-0.25, -0.2) is 0 Å². The number of methoxy groups -OCH3 is 1. The summed E-state index contributed by atoms with van der Waals surface area (Å²) in [4.78, 5) is 4.11. The second-order valence-corrected chi connectivity index (χ2v) is 4.23. The smallest absolute Gasteiger partial charge is 0.137 e. The zero-order valence-corrected chi connectivity index (χ0v) is 9.56. The number of hydrogen-bond donors (Lipinski definition) is 1. The number of pyridine rings is 1. The molecule has 0 bridgehead atoms. The fraction of sp³-hybridized carbons (Fsp3) is 0.583. The van der Waals surface area contributed by atoms with Crippen LogP contribution in [-0.2, 0) is 4.74 Å². The van der Waals surface area contributed by atoms with Crippen LogP contribution < -0.4 is 10.5 Å². The zero-order valence-electron chi connectivity index (χ0n) is 9.56. The lowest BCUT2D eigenvalue weighted by Crippen LogP contribution is -2.16. The molecule has 2 unspecified atom stereocenters. The molecule has 4 heteroatoms. The van der Waals surface area contributed by atoms with Gasteiger partial charge in [-0.15, -0.1) is 0 Å². The summed E-state index contributed by atoms with van der Waals surface area (Å²) in [7, 11) is 1.64. The maximum Gasteiger partial charge on any atom is 0.137 e. The van der Waals surface area contributed by atoms with Crippen molar-refractivity contribution >= 4 is 0 Å².